The topological polar surface area (TPSA) is 58.4 Å². The summed E-state index contributed by atoms with van der Waals surface area (Å²) in [7, 11) is 0. The molecule has 1 aliphatic carbocycles. The van der Waals surface area contributed by atoms with Crippen LogP contribution in [0.1, 0.15) is 24.0 Å². The maximum Gasteiger partial charge on any atom is 0.234 e. The fourth-order valence-corrected chi connectivity index (χ4v) is 2.50. The van der Waals surface area contributed by atoms with Crippen LogP contribution in [-0.4, -0.2) is 29.9 Å². The molecular weight excluding hydrogens is 226 g/mol. The van der Waals surface area contributed by atoms with Crippen molar-refractivity contribution in [2.45, 2.75) is 31.8 Å². The van der Waals surface area contributed by atoms with E-state index in [9.17, 15) is 4.79 Å². The van der Waals surface area contributed by atoms with Crippen molar-refractivity contribution in [2.24, 2.45) is 0 Å². The molecule has 0 atom stereocenters. The van der Waals surface area contributed by atoms with Gasteiger partial charge in [0.15, 0.2) is 0 Å². The summed E-state index contributed by atoms with van der Waals surface area (Å²) < 4.78 is 0. The summed E-state index contributed by atoms with van der Waals surface area (Å²) >= 11 is 0. The zero-order chi connectivity index (χ0) is 12.5. The minimum atomic E-state index is 0.149. The van der Waals surface area contributed by atoms with Gasteiger partial charge in [-0.05, 0) is 36.5 Å². The smallest absolute Gasteiger partial charge is 0.234 e. The van der Waals surface area contributed by atoms with Crippen molar-refractivity contribution in [3.63, 3.8) is 0 Å². The van der Waals surface area contributed by atoms with Crippen LogP contribution in [0.15, 0.2) is 18.2 Å². The number of amides is 1. The second-order valence-electron chi connectivity index (χ2n) is 5.29. The summed E-state index contributed by atoms with van der Waals surface area (Å²) in [4.78, 5) is 14.0. The summed E-state index contributed by atoms with van der Waals surface area (Å²) in [6, 6.07) is 6.52. The molecule has 0 spiro atoms. The van der Waals surface area contributed by atoms with Crippen LogP contribution in [-0.2, 0) is 17.8 Å². The molecule has 1 saturated carbocycles. The third kappa shape index (κ3) is 2.48. The van der Waals surface area contributed by atoms with Crippen molar-refractivity contribution in [3.8, 4) is 0 Å². The molecule has 0 saturated heterocycles. The predicted octanol–water partition coefficient (Wildman–Crippen LogP) is 0.905. The van der Waals surface area contributed by atoms with Gasteiger partial charge in [-0.2, -0.15) is 0 Å². The lowest BCUT2D eigenvalue weighted by molar-refractivity contribution is -0.122. The number of benzene rings is 1. The monoisotopic (exact) mass is 245 g/mol. The van der Waals surface area contributed by atoms with Crippen LogP contribution in [0.25, 0.3) is 0 Å². The Morgan fingerprint density at radius 3 is 3.06 bits per heavy atom. The number of nitrogen functional groups attached to an aromatic ring is 1. The number of anilines is 1. The fourth-order valence-electron chi connectivity index (χ4n) is 2.50. The molecule has 96 valence electrons. The van der Waals surface area contributed by atoms with Crippen LogP contribution in [0.2, 0.25) is 0 Å². The van der Waals surface area contributed by atoms with Gasteiger partial charge in [0.2, 0.25) is 5.91 Å². The van der Waals surface area contributed by atoms with E-state index in [-0.39, 0.29) is 5.91 Å². The zero-order valence-electron chi connectivity index (χ0n) is 10.5. The number of nitrogens with zero attached hydrogens (tertiary/aromatic N) is 1. The van der Waals surface area contributed by atoms with Crippen molar-refractivity contribution in [1.82, 2.24) is 10.2 Å². The van der Waals surface area contributed by atoms with Crippen LogP contribution in [0.3, 0.4) is 0 Å². The van der Waals surface area contributed by atoms with Gasteiger partial charge in [0.25, 0.3) is 0 Å². The molecule has 4 heteroatoms. The first-order valence-electron chi connectivity index (χ1n) is 6.60. The molecular formula is C14H19N3O. The van der Waals surface area contributed by atoms with Crippen molar-refractivity contribution in [2.75, 3.05) is 18.8 Å². The summed E-state index contributed by atoms with van der Waals surface area (Å²) in [5, 5.41) is 3.03. The number of hydrogen-bond donors (Lipinski definition) is 2. The Morgan fingerprint density at radius 1 is 1.44 bits per heavy atom. The van der Waals surface area contributed by atoms with Crippen molar-refractivity contribution in [3.05, 3.63) is 29.3 Å². The van der Waals surface area contributed by atoms with Gasteiger partial charge >= 0.3 is 0 Å². The van der Waals surface area contributed by atoms with Crippen molar-refractivity contribution in [1.29, 1.82) is 0 Å². The molecule has 1 aliphatic heterocycles. The molecule has 3 rings (SSSR count). The van der Waals surface area contributed by atoms with Crippen LogP contribution in [0.4, 0.5) is 5.69 Å². The molecule has 1 aromatic rings. The van der Waals surface area contributed by atoms with Gasteiger partial charge in [0.1, 0.15) is 0 Å². The molecule has 0 unspecified atom stereocenters. The Hall–Kier alpha value is -1.55. The Labute approximate surface area is 107 Å². The first-order chi connectivity index (χ1) is 8.72. The van der Waals surface area contributed by atoms with Gasteiger partial charge in [0.05, 0.1) is 6.54 Å². The fraction of sp³-hybridized carbons (Fsp3) is 0.500. The first-order valence-corrected chi connectivity index (χ1v) is 6.60. The number of carbonyl (C=O) groups excluding carboxylic acids is 1. The SMILES string of the molecule is Nc1cccc2c1CN(CC(=O)NC1CC1)CC2. The molecule has 0 bridgehead atoms. The summed E-state index contributed by atoms with van der Waals surface area (Å²) in [6.07, 6.45) is 3.26. The van der Waals surface area contributed by atoms with E-state index in [0.717, 1.165) is 38.0 Å². The summed E-state index contributed by atoms with van der Waals surface area (Å²) in [6.45, 7) is 2.22. The largest absolute Gasteiger partial charge is 0.398 e. The van der Waals surface area contributed by atoms with E-state index < -0.39 is 0 Å². The Kier molecular flexibility index (Phi) is 2.96. The highest BCUT2D eigenvalue weighted by molar-refractivity contribution is 5.78. The Balaban J connectivity index is 1.63. The summed E-state index contributed by atoms with van der Waals surface area (Å²) in [5.41, 5.74) is 9.37. The highest BCUT2D eigenvalue weighted by atomic mass is 16.2. The first kappa shape index (κ1) is 11.5. The molecule has 1 heterocycles. The lowest BCUT2D eigenvalue weighted by Crippen LogP contribution is -2.40. The molecule has 3 N–H and O–H groups in total. The van der Waals surface area contributed by atoms with Gasteiger partial charge in [-0.15, -0.1) is 0 Å². The molecule has 1 fully saturated rings. The van der Waals surface area contributed by atoms with E-state index in [1.165, 1.54) is 11.1 Å². The van der Waals surface area contributed by atoms with Gasteiger partial charge in [0, 0.05) is 24.8 Å². The standard InChI is InChI=1S/C14H19N3O/c15-13-3-1-2-10-6-7-17(8-12(10)13)9-14(18)16-11-4-5-11/h1-3,11H,4-9,15H2,(H,16,18). The number of nitrogens with one attached hydrogen (secondary N) is 1. The Bertz CT molecular complexity index is 468. The minimum absolute atomic E-state index is 0.149. The second kappa shape index (κ2) is 4.61. The lowest BCUT2D eigenvalue weighted by atomic mass is 9.98. The molecule has 1 aromatic carbocycles. The number of carbonyl (C=O) groups is 1. The van der Waals surface area contributed by atoms with Gasteiger partial charge in [-0.25, -0.2) is 0 Å². The van der Waals surface area contributed by atoms with E-state index in [1.807, 2.05) is 12.1 Å². The molecule has 1 amide bonds. The average molecular weight is 245 g/mol. The normalized spacial score (nSPS) is 19.3. The Morgan fingerprint density at radius 2 is 2.28 bits per heavy atom. The van der Waals surface area contributed by atoms with Crippen molar-refractivity contribution < 1.29 is 4.79 Å². The highest BCUT2D eigenvalue weighted by Crippen LogP contribution is 2.24. The number of fused-ring (bicyclic) bond motifs is 1. The lowest BCUT2D eigenvalue weighted by Gasteiger charge is -2.29. The van der Waals surface area contributed by atoms with Gasteiger partial charge in [-0.3, -0.25) is 9.69 Å². The summed E-state index contributed by atoms with van der Waals surface area (Å²) in [5.74, 6) is 0.149. The number of hydrogen-bond acceptors (Lipinski definition) is 3. The van der Waals surface area contributed by atoms with Crippen LogP contribution >= 0.6 is 0 Å². The van der Waals surface area contributed by atoms with Crippen LogP contribution in [0, 0.1) is 0 Å². The molecule has 18 heavy (non-hydrogen) atoms. The van der Waals surface area contributed by atoms with E-state index in [4.69, 9.17) is 5.73 Å². The van der Waals surface area contributed by atoms with Gasteiger partial charge < -0.3 is 11.1 Å². The maximum atomic E-state index is 11.8. The van der Waals surface area contributed by atoms with Crippen LogP contribution < -0.4 is 11.1 Å². The second-order valence-corrected chi connectivity index (χ2v) is 5.29. The number of nitrogens with two attached hydrogens (primary N) is 1. The molecule has 0 aromatic heterocycles. The van der Waals surface area contributed by atoms with Crippen molar-refractivity contribution >= 4 is 11.6 Å². The minimum Gasteiger partial charge on any atom is -0.398 e. The number of rotatable bonds is 3. The third-order valence-corrected chi connectivity index (χ3v) is 3.70. The van der Waals surface area contributed by atoms with E-state index >= 15 is 0 Å². The quantitative estimate of drug-likeness (QED) is 0.778. The molecule has 0 radical (unpaired) electrons. The maximum absolute atomic E-state index is 11.8. The van der Waals surface area contributed by atoms with E-state index in [2.05, 4.69) is 16.3 Å². The zero-order valence-corrected chi connectivity index (χ0v) is 10.5. The molecule has 4 nitrogen and oxygen atoms in total. The third-order valence-electron chi connectivity index (χ3n) is 3.70. The molecule has 2 aliphatic rings. The highest BCUT2D eigenvalue weighted by Gasteiger charge is 2.25. The predicted molar refractivity (Wildman–Crippen MR) is 71.0 cm³/mol. The average Bonchev–Trinajstić information content (AvgIpc) is 3.14. The van der Waals surface area contributed by atoms with Crippen LogP contribution in [0.5, 0.6) is 0 Å². The van der Waals surface area contributed by atoms with Gasteiger partial charge in [-0.1, -0.05) is 12.1 Å². The van der Waals surface area contributed by atoms with E-state index in [0.29, 0.717) is 12.6 Å². The van der Waals surface area contributed by atoms with E-state index in [1.54, 1.807) is 0 Å².